The van der Waals surface area contributed by atoms with Gasteiger partial charge in [-0.05, 0) is 33.3 Å². The van der Waals surface area contributed by atoms with E-state index in [4.69, 9.17) is 0 Å². The average Bonchev–Trinajstić information content (AvgIpc) is 2.41. The summed E-state index contributed by atoms with van der Waals surface area (Å²) in [6.07, 6.45) is 9.77. The fourth-order valence-electron chi connectivity index (χ4n) is 1.83. The summed E-state index contributed by atoms with van der Waals surface area (Å²) in [7, 11) is 0. The Kier molecular flexibility index (Phi) is 6.46. The maximum absolute atomic E-state index is 11.9. The third-order valence-corrected chi connectivity index (χ3v) is 2.95. The van der Waals surface area contributed by atoms with E-state index in [9.17, 15) is 9.59 Å². The Balaban J connectivity index is 2.86. The van der Waals surface area contributed by atoms with Crippen LogP contribution in [0.1, 0.15) is 33.7 Å². The molecule has 5 nitrogen and oxygen atoms in total. The number of aromatic amines is 1. The summed E-state index contributed by atoms with van der Waals surface area (Å²) in [5.74, 6) is 0.431. The van der Waals surface area contributed by atoms with Crippen molar-refractivity contribution >= 4 is 5.82 Å². The first kappa shape index (κ1) is 16.8. The van der Waals surface area contributed by atoms with Crippen LogP contribution in [-0.2, 0) is 0 Å². The Morgan fingerprint density at radius 1 is 1.33 bits per heavy atom. The predicted octanol–water partition coefficient (Wildman–Crippen LogP) is 2.61. The highest BCUT2D eigenvalue weighted by Gasteiger charge is 2.07. The summed E-state index contributed by atoms with van der Waals surface area (Å²) in [5.41, 5.74) is 0.358. The molecule has 5 heteroatoms. The van der Waals surface area contributed by atoms with Crippen LogP contribution in [0.15, 0.2) is 51.6 Å². The van der Waals surface area contributed by atoms with Crippen molar-refractivity contribution in [2.24, 2.45) is 0 Å². The van der Waals surface area contributed by atoms with E-state index in [-0.39, 0.29) is 11.6 Å². The number of hydrogen-bond donors (Lipinski definition) is 2. The molecule has 0 aliphatic carbocycles. The minimum Gasteiger partial charge on any atom is -0.367 e. The van der Waals surface area contributed by atoms with Gasteiger partial charge in [0.05, 0.1) is 0 Å². The van der Waals surface area contributed by atoms with Crippen LogP contribution in [0.2, 0.25) is 0 Å². The van der Waals surface area contributed by atoms with Gasteiger partial charge in [0.25, 0.3) is 5.56 Å². The zero-order chi connectivity index (χ0) is 15.8. The van der Waals surface area contributed by atoms with Crippen LogP contribution in [-0.4, -0.2) is 16.1 Å². The van der Waals surface area contributed by atoms with E-state index in [1.54, 1.807) is 13.8 Å². The molecular weight excluding hydrogens is 266 g/mol. The highest BCUT2D eigenvalue weighted by Crippen LogP contribution is 2.02. The molecule has 0 saturated heterocycles. The molecule has 0 aliphatic heterocycles. The van der Waals surface area contributed by atoms with E-state index < -0.39 is 5.69 Å². The summed E-state index contributed by atoms with van der Waals surface area (Å²) in [5, 5.41) is 3.06. The minimum absolute atomic E-state index is 0.162. The van der Waals surface area contributed by atoms with Gasteiger partial charge in [-0.1, -0.05) is 30.4 Å². The Labute approximate surface area is 124 Å². The molecule has 1 aromatic heterocycles. The van der Waals surface area contributed by atoms with Gasteiger partial charge in [0.15, 0.2) is 0 Å². The molecule has 0 unspecified atom stereocenters. The Bertz CT molecular complexity index is 630. The second-order valence-corrected chi connectivity index (χ2v) is 4.89. The molecule has 1 aromatic rings. The number of nitrogens with one attached hydrogen (secondary N) is 2. The predicted molar refractivity (Wildman–Crippen MR) is 87.9 cm³/mol. The number of rotatable bonds is 6. The molecule has 1 heterocycles. The Morgan fingerprint density at radius 2 is 2.05 bits per heavy atom. The van der Waals surface area contributed by atoms with E-state index in [0.29, 0.717) is 12.4 Å². The van der Waals surface area contributed by atoms with Crippen molar-refractivity contribution in [1.29, 1.82) is 0 Å². The smallest absolute Gasteiger partial charge is 0.330 e. The molecule has 0 saturated carbocycles. The summed E-state index contributed by atoms with van der Waals surface area (Å²) in [4.78, 5) is 26.4. The third kappa shape index (κ3) is 4.95. The quantitative estimate of drug-likeness (QED) is 0.791. The summed E-state index contributed by atoms with van der Waals surface area (Å²) in [6, 6.07) is 1.25. The van der Waals surface area contributed by atoms with Crippen molar-refractivity contribution < 1.29 is 0 Å². The number of H-pyrrole nitrogens is 1. The number of nitrogens with zero attached hydrogens (tertiary/aromatic N) is 1. The molecule has 0 bridgehead atoms. The van der Waals surface area contributed by atoms with Gasteiger partial charge in [0.2, 0.25) is 0 Å². The van der Waals surface area contributed by atoms with Gasteiger partial charge < -0.3 is 5.32 Å². The normalized spacial score (nSPS) is 12.7. The topological polar surface area (TPSA) is 66.9 Å². The van der Waals surface area contributed by atoms with Crippen LogP contribution < -0.4 is 16.6 Å². The highest BCUT2D eigenvalue weighted by molar-refractivity contribution is 5.36. The van der Waals surface area contributed by atoms with Crippen LogP contribution >= 0.6 is 0 Å². The van der Waals surface area contributed by atoms with Gasteiger partial charge in [-0.25, -0.2) is 4.79 Å². The Hall–Kier alpha value is -2.30. The maximum atomic E-state index is 11.9. The minimum atomic E-state index is -0.397. The largest absolute Gasteiger partial charge is 0.367 e. The van der Waals surface area contributed by atoms with Gasteiger partial charge in [-0.3, -0.25) is 14.3 Å². The van der Waals surface area contributed by atoms with Crippen molar-refractivity contribution in [3.05, 3.63) is 62.9 Å². The van der Waals surface area contributed by atoms with Crippen LogP contribution in [0.25, 0.3) is 0 Å². The first-order valence-electron chi connectivity index (χ1n) is 7.03. The average molecular weight is 289 g/mol. The summed E-state index contributed by atoms with van der Waals surface area (Å²) in [6.45, 7) is 8.02. The first-order valence-corrected chi connectivity index (χ1v) is 7.03. The standard InChI is InChI=1S/C16H23N3O2/c1-5-7-8-9-13(6-2)11-17-14-10-15(20)19(12(3)4)16(21)18-14/h5-10,12,17H,11H2,1-4H3,(H,18,21)/b7-5-,9-8-,13-6+. The Morgan fingerprint density at radius 3 is 2.57 bits per heavy atom. The molecule has 0 aromatic carbocycles. The lowest BCUT2D eigenvalue weighted by molar-refractivity contribution is 0.546. The molecule has 2 N–H and O–H groups in total. The lowest BCUT2D eigenvalue weighted by atomic mass is 10.2. The first-order chi connectivity index (χ1) is 9.99. The molecule has 0 aliphatic rings. The molecule has 114 valence electrons. The maximum Gasteiger partial charge on any atom is 0.330 e. The number of allylic oxidation sites excluding steroid dienone is 4. The summed E-state index contributed by atoms with van der Waals surface area (Å²) < 4.78 is 1.19. The van der Waals surface area contributed by atoms with E-state index >= 15 is 0 Å². The summed E-state index contributed by atoms with van der Waals surface area (Å²) >= 11 is 0. The van der Waals surface area contributed by atoms with E-state index in [1.807, 2.05) is 44.2 Å². The highest BCUT2D eigenvalue weighted by atomic mass is 16.2. The molecule has 0 amide bonds. The molecule has 0 spiro atoms. The van der Waals surface area contributed by atoms with Gasteiger partial charge >= 0.3 is 5.69 Å². The number of aromatic nitrogens is 2. The zero-order valence-electron chi connectivity index (χ0n) is 13.0. The van der Waals surface area contributed by atoms with Gasteiger partial charge in [0, 0.05) is 18.7 Å². The van der Waals surface area contributed by atoms with Gasteiger partial charge in [-0.15, -0.1) is 0 Å². The molecule has 21 heavy (non-hydrogen) atoms. The molecule has 0 atom stereocenters. The third-order valence-electron chi connectivity index (χ3n) is 2.95. The zero-order valence-corrected chi connectivity index (χ0v) is 13.0. The van der Waals surface area contributed by atoms with Crippen LogP contribution in [0, 0.1) is 0 Å². The van der Waals surface area contributed by atoms with Crippen LogP contribution in [0.3, 0.4) is 0 Å². The molecule has 1 rings (SSSR count). The fourth-order valence-corrected chi connectivity index (χ4v) is 1.83. The van der Waals surface area contributed by atoms with E-state index in [0.717, 1.165) is 5.57 Å². The van der Waals surface area contributed by atoms with Crippen molar-refractivity contribution in [1.82, 2.24) is 9.55 Å². The second kappa shape index (κ2) is 8.09. The van der Waals surface area contributed by atoms with Crippen molar-refractivity contribution in [2.45, 2.75) is 33.7 Å². The SMILES string of the molecule is C\C=C/C=C\C(=C/C)CNc1cc(=O)n(C(C)C)c(=O)[nH]1. The lowest BCUT2D eigenvalue weighted by Gasteiger charge is -2.11. The van der Waals surface area contributed by atoms with Crippen LogP contribution in [0.4, 0.5) is 5.82 Å². The molecule has 0 fully saturated rings. The number of anilines is 1. The second-order valence-electron chi connectivity index (χ2n) is 4.89. The van der Waals surface area contributed by atoms with Crippen molar-refractivity contribution in [3.63, 3.8) is 0 Å². The van der Waals surface area contributed by atoms with Crippen molar-refractivity contribution in [3.8, 4) is 0 Å². The lowest BCUT2D eigenvalue weighted by Crippen LogP contribution is -2.36. The van der Waals surface area contributed by atoms with E-state index in [1.165, 1.54) is 10.6 Å². The van der Waals surface area contributed by atoms with Crippen LogP contribution in [0.5, 0.6) is 0 Å². The molecular formula is C16H23N3O2. The van der Waals surface area contributed by atoms with Gasteiger partial charge in [0.1, 0.15) is 5.82 Å². The molecule has 0 radical (unpaired) electrons. The fraction of sp³-hybridized carbons (Fsp3) is 0.375. The van der Waals surface area contributed by atoms with Crippen molar-refractivity contribution in [2.75, 3.05) is 11.9 Å². The monoisotopic (exact) mass is 289 g/mol. The number of hydrogen-bond acceptors (Lipinski definition) is 3. The van der Waals surface area contributed by atoms with Gasteiger partial charge in [-0.2, -0.15) is 0 Å². The van der Waals surface area contributed by atoms with E-state index in [2.05, 4.69) is 10.3 Å².